The molecule has 0 unspecified atom stereocenters. The molecule has 0 atom stereocenters. The summed E-state index contributed by atoms with van der Waals surface area (Å²) in [6.07, 6.45) is 2.55. The first-order chi connectivity index (χ1) is 12.0. The molecule has 2 rings (SSSR count). The smallest absolute Gasteiger partial charge is 0.244 e. The molecule has 1 aromatic heterocycles. The molecule has 6 heteroatoms. The molecule has 0 aliphatic rings. The largest absolute Gasteiger partial charge is 0.385 e. The van der Waals surface area contributed by atoms with Crippen molar-refractivity contribution >= 4 is 17.5 Å². The molecule has 0 bridgehead atoms. The summed E-state index contributed by atoms with van der Waals surface area (Å²) in [5.74, 6) is 2.05. The van der Waals surface area contributed by atoms with Crippen molar-refractivity contribution in [2.24, 2.45) is 0 Å². The first-order valence-corrected chi connectivity index (χ1v) is 8.85. The number of methoxy groups -OCH3 is 1. The van der Waals surface area contributed by atoms with Crippen molar-refractivity contribution in [3.8, 4) is 0 Å². The molecule has 0 aliphatic heterocycles. The van der Waals surface area contributed by atoms with Crippen molar-refractivity contribution in [3.05, 3.63) is 35.5 Å². The van der Waals surface area contributed by atoms with Crippen LogP contribution in [-0.4, -0.2) is 35.4 Å². The third kappa shape index (κ3) is 5.39. The number of benzene rings is 1. The van der Waals surface area contributed by atoms with Crippen molar-refractivity contribution in [3.63, 3.8) is 0 Å². The van der Waals surface area contributed by atoms with Crippen molar-refractivity contribution in [2.45, 2.75) is 46.0 Å². The van der Waals surface area contributed by atoms with Gasteiger partial charge in [0.2, 0.25) is 5.95 Å². The van der Waals surface area contributed by atoms with Crippen LogP contribution in [0.3, 0.4) is 0 Å². The summed E-state index contributed by atoms with van der Waals surface area (Å²) in [6.45, 7) is 10.3. The van der Waals surface area contributed by atoms with E-state index in [0.29, 0.717) is 30.2 Å². The van der Waals surface area contributed by atoms with E-state index in [1.165, 1.54) is 11.1 Å². The minimum Gasteiger partial charge on any atom is -0.385 e. The summed E-state index contributed by atoms with van der Waals surface area (Å²) in [4.78, 5) is 4.53. The van der Waals surface area contributed by atoms with E-state index in [2.05, 4.69) is 71.7 Å². The SMILES string of the molecule is COCCCNc1nncc(Nc2c(C(C)C)cccc2C(C)C)n1. The molecule has 0 fully saturated rings. The van der Waals surface area contributed by atoms with Gasteiger partial charge in [-0.25, -0.2) is 0 Å². The molecule has 0 amide bonds. The predicted molar refractivity (Wildman–Crippen MR) is 103 cm³/mol. The highest BCUT2D eigenvalue weighted by Gasteiger charge is 2.14. The van der Waals surface area contributed by atoms with Gasteiger partial charge in [-0.15, -0.1) is 5.10 Å². The van der Waals surface area contributed by atoms with Gasteiger partial charge in [-0.05, 0) is 29.4 Å². The van der Waals surface area contributed by atoms with Crippen LogP contribution in [0.5, 0.6) is 0 Å². The highest BCUT2D eigenvalue weighted by molar-refractivity contribution is 5.66. The number of ether oxygens (including phenoxy) is 1. The molecule has 6 nitrogen and oxygen atoms in total. The summed E-state index contributed by atoms with van der Waals surface area (Å²) < 4.78 is 5.04. The minimum atomic E-state index is 0.419. The van der Waals surface area contributed by atoms with Gasteiger partial charge in [-0.2, -0.15) is 10.1 Å². The molecular weight excluding hydrogens is 314 g/mol. The van der Waals surface area contributed by atoms with Gasteiger partial charge < -0.3 is 15.4 Å². The Labute approximate surface area is 150 Å². The van der Waals surface area contributed by atoms with E-state index < -0.39 is 0 Å². The van der Waals surface area contributed by atoms with E-state index >= 15 is 0 Å². The number of nitrogens with one attached hydrogen (secondary N) is 2. The van der Waals surface area contributed by atoms with Crippen LogP contribution in [0, 0.1) is 0 Å². The highest BCUT2D eigenvalue weighted by atomic mass is 16.5. The molecule has 0 radical (unpaired) electrons. The zero-order valence-electron chi connectivity index (χ0n) is 15.8. The summed E-state index contributed by atoms with van der Waals surface area (Å²) in [6, 6.07) is 6.45. The van der Waals surface area contributed by atoms with Gasteiger partial charge in [0.25, 0.3) is 0 Å². The summed E-state index contributed by atoms with van der Waals surface area (Å²) in [7, 11) is 1.70. The second-order valence-corrected chi connectivity index (χ2v) is 6.68. The normalized spacial score (nSPS) is 11.2. The zero-order chi connectivity index (χ0) is 18.2. The molecule has 136 valence electrons. The average Bonchev–Trinajstić information content (AvgIpc) is 2.59. The van der Waals surface area contributed by atoms with Gasteiger partial charge in [-0.1, -0.05) is 45.9 Å². The molecule has 0 aliphatic carbocycles. The lowest BCUT2D eigenvalue weighted by Gasteiger charge is -2.20. The standard InChI is InChI=1S/C19H29N5O/c1-13(2)15-8-6-9-16(14(3)4)18(15)22-17-12-21-24-19(23-17)20-10-7-11-25-5/h6,8-9,12-14H,7,10-11H2,1-5H3,(H2,20,22,23,24). The van der Waals surface area contributed by atoms with E-state index in [1.807, 2.05) is 0 Å². The zero-order valence-corrected chi connectivity index (χ0v) is 15.8. The van der Waals surface area contributed by atoms with Crippen molar-refractivity contribution in [2.75, 3.05) is 30.9 Å². The first kappa shape index (κ1) is 19.1. The maximum Gasteiger partial charge on any atom is 0.244 e. The van der Waals surface area contributed by atoms with E-state index in [9.17, 15) is 0 Å². The number of hydrogen-bond acceptors (Lipinski definition) is 6. The molecule has 0 spiro atoms. The molecule has 1 heterocycles. The minimum absolute atomic E-state index is 0.419. The lowest BCUT2D eigenvalue weighted by Crippen LogP contribution is -2.10. The van der Waals surface area contributed by atoms with Crippen LogP contribution in [0.15, 0.2) is 24.4 Å². The van der Waals surface area contributed by atoms with Gasteiger partial charge in [0.15, 0.2) is 5.82 Å². The maximum atomic E-state index is 5.04. The number of anilines is 3. The van der Waals surface area contributed by atoms with E-state index in [0.717, 1.165) is 18.7 Å². The predicted octanol–water partition coefficient (Wildman–Crippen LogP) is 4.31. The van der Waals surface area contributed by atoms with Gasteiger partial charge >= 0.3 is 0 Å². The third-order valence-corrected chi connectivity index (χ3v) is 3.99. The highest BCUT2D eigenvalue weighted by Crippen LogP contribution is 2.34. The lowest BCUT2D eigenvalue weighted by molar-refractivity contribution is 0.197. The second-order valence-electron chi connectivity index (χ2n) is 6.68. The van der Waals surface area contributed by atoms with Crippen molar-refractivity contribution < 1.29 is 4.74 Å². The monoisotopic (exact) mass is 343 g/mol. The summed E-state index contributed by atoms with van der Waals surface area (Å²) in [5, 5.41) is 14.7. The fraction of sp³-hybridized carbons (Fsp3) is 0.526. The van der Waals surface area contributed by atoms with E-state index in [1.54, 1.807) is 13.3 Å². The van der Waals surface area contributed by atoms with Crippen LogP contribution in [0.25, 0.3) is 0 Å². The Balaban J connectivity index is 2.21. The van der Waals surface area contributed by atoms with Crippen LogP contribution >= 0.6 is 0 Å². The van der Waals surface area contributed by atoms with Crippen molar-refractivity contribution in [1.29, 1.82) is 0 Å². The molecular formula is C19H29N5O. The average molecular weight is 343 g/mol. The summed E-state index contributed by atoms with van der Waals surface area (Å²) in [5.41, 5.74) is 3.68. The Morgan fingerprint density at radius 2 is 1.76 bits per heavy atom. The number of aromatic nitrogens is 3. The lowest BCUT2D eigenvalue weighted by atomic mass is 9.92. The quantitative estimate of drug-likeness (QED) is 0.661. The molecule has 0 saturated heterocycles. The fourth-order valence-electron chi connectivity index (χ4n) is 2.68. The fourth-order valence-corrected chi connectivity index (χ4v) is 2.68. The second kappa shape index (κ2) is 9.32. The topological polar surface area (TPSA) is 72.0 Å². The third-order valence-electron chi connectivity index (χ3n) is 3.99. The maximum absolute atomic E-state index is 5.04. The van der Waals surface area contributed by atoms with Gasteiger partial charge in [-0.3, -0.25) is 0 Å². The van der Waals surface area contributed by atoms with E-state index in [-0.39, 0.29) is 0 Å². The van der Waals surface area contributed by atoms with Crippen LogP contribution in [0.2, 0.25) is 0 Å². The molecule has 2 N–H and O–H groups in total. The number of para-hydroxylation sites is 1. The Morgan fingerprint density at radius 3 is 2.36 bits per heavy atom. The number of hydrogen-bond donors (Lipinski definition) is 2. The van der Waals surface area contributed by atoms with Crippen molar-refractivity contribution in [1.82, 2.24) is 15.2 Å². The van der Waals surface area contributed by atoms with Crippen LogP contribution in [0.1, 0.15) is 57.1 Å². The van der Waals surface area contributed by atoms with E-state index in [4.69, 9.17) is 4.74 Å². The first-order valence-electron chi connectivity index (χ1n) is 8.85. The Hall–Kier alpha value is -2.21. The molecule has 0 saturated carbocycles. The molecule has 2 aromatic rings. The Morgan fingerprint density at radius 1 is 1.08 bits per heavy atom. The Bertz CT molecular complexity index is 646. The van der Waals surface area contributed by atoms with Crippen LogP contribution in [-0.2, 0) is 4.74 Å². The van der Waals surface area contributed by atoms with Gasteiger partial charge in [0.05, 0.1) is 6.20 Å². The molecule has 1 aromatic carbocycles. The van der Waals surface area contributed by atoms with Crippen LogP contribution < -0.4 is 10.6 Å². The number of nitrogens with zero attached hydrogens (tertiary/aromatic N) is 3. The van der Waals surface area contributed by atoms with Crippen LogP contribution in [0.4, 0.5) is 17.5 Å². The molecule has 25 heavy (non-hydrogen) atoms. The Kier molecular flexibility index (Phi) is 7.13. The van der Waals surface area contributed by atoms with Gasteiger partial charge in [0, 0.05) is 25.9 Å². The van der Waals surface area contributed by atoms with Gasteiger partial charge in [0.1, 0.15) is 0 Å². The summed E-state index contributed by atoms with van der Waals surface area (Å²) >= 11 is 0. The number of rotatable bonds is 9.